The molecule has 194 valence electrons. The van der Waals surface area contributed by atoms with Crippen LogP contribution in [0, 0.1) is 0 Å². The first-order valence-corrected chi connectivity index (χ1v) is 14.3. The summed E-state index contributed by atoms with van der Waals surface area (Å²) in [5.74, 6) is 0.00597. The summed E-state index contributed by atoms with van der Waals surface area (Å²) in [5, 5.41) is 5.90. The van der Waals surface area contributed by atoms with E-state index in [0.29, 0.717) is 29.0 Å². The van der Waals surface area contributed by atoms with Gasteiger partial charge in [-0.05, 0) is 38.1 Å². The van der Waals surface area contributed by atoms with Crippen LogP contribution in [0.5, 0.6) is 0 Å². The maximum absolute atomic E-state index is 12.4. The number of nitrogens with two attached hydrogens (primary N) is 2. The molecule has 6 N–H and O–H groups in total. The van der Waals surface area contributed by atoms with Crippen LogP contribution >= 0.6 is 7.60 Å². The Hall–Kier alpha value is -3.19. The van der Waals surface area contributed by atoms with E-state index in [-0.39, 0.29) is 48.7 Å². The van der Waals surface area contributed by atoms with E-state index in [9.17, 15) is 13.6 Å². The molecule has 0 radical (unpaired) electrons. The molecule has 15 heteroatoms. The SMILES string of the molecule is CCOP(=O)(CS(=O)CCNC(=O)c1ccc(NCc2cnc3nc(N)nc(N)c3n2)cc1)OCC. The number of aromatic nitrogens is 4. The number of nitrogens with one attached hydrogen (secondary N) is 2. The zero-order chi connectivity index (χ0) is 26.1. The zero-order valence-electron chi connectivity index (χ0n) is 20.0. The summed E-state index contributed by atoms with van der Waals surface area (Å²) < 4.78 is 35.0. The minimum atomic E-state index is -3.39. The van der Waals surface area contributed by atoms with E-state index in [1.54, 1.807) is 44.3 Å². The van der Waals surface area contributed by atoms with Crippen LogP contribution in [0.25, 0.3) is 11.2 Å². The highest BCUT2D eigenvalue weighted by Gasteiger charge is 2.26. The number of amides is 1. The van der Waals surface area contributed by atoms with Crippen LogP contribution in [0.1, 0.15) is 29.9 Å². The topological polar surface area (TPSA) is 197 Å². The second-order valence-electron chi connectivity index (χ2n) is 7.41. The maximum atomic E-state index is 12.4. The molecule has 2 aromatic heterocycles. The Balaban J connectivity index is 1.48. The summed E-state index contributed by atoms with van der Waals surface area (Å²) in [6.07, 6.45) is 1.56. The standard InChI is InChI=1S/C21H29N8O5PS/c1-3-33-35(31,34-4-2)13-36(32)10-9-24-20(30)14-5-7-15(8-6-14)25-11-16-12-26-19-17(27-16)18(22)28-21(23)29-19/h5-8,12,25H,3-4,9-11,13H2,1-2H3,(H,24,30)(H4,22,23,26,28,29). The van der Waals surface area contributed by atoms with Gasteiger partial charge < -0.3 is 31.1 Å². The average molecular weight is 537 g/mol. The Kier molecular flexibility index (Phi) is 9.65. The van der Waals surface area contributed by atoms with Gasteiger partial charge in [-0.3, -0.25) is 13.6 Å². The summed E-state index contributed by atoms with van der Waals surface area (Å²) in [5.41, 5.74) is 13.7. The Bertz CT molecular complexity index is 1270. The summed E-state index contributed by atoms with van der Waals surface area (Å²) in [7, 11) is -4.87. The molecule has 0 fully saturated rings. The van der Waals surface area contributed by atoms with Crippen molar-refractivity contribution in [3.05, 3.63) is 41.7 Å². The number of rotatable bonds is 13. The normalized spacial score (nSPS) is 12.4. The third kappa shape index (κ3) is 7.65. The van der Waals surface area contributed by atoms with Crippen molar-refractivity contribution in [2.24, 2.45) is 0 Å². The van der Waals surface area contributed by atoms with Crippen molar-refractivity contribution in [1.82, 2.24) is 25.3 Å². The number of hydrogen-bond acceptors (Lipinski definition) is 12. The fraction of sp³-hybridized carbons (Fsp3) is 0.381. The van der Waals surface area contributed by atoms with E-state index in [0.717, 1.165) is 5.69 Å². The van der Waals surface area contributed by atoms with Crippen molar-refractivity contribution >= 4 is 52.9 Å². The number of fused-ring (bicyclic) bond motifs is 1. The number of carbonyl (C=O) groups excluding carboxylic acids is 1. The summed E-state index contributed by atoms with van der Waals surface area (Å²) >= 11 is 0. The van der Waals surface area contributed by atoms with Gasteiger partial charge in [0.15, 0.2) is 17.0 Å². The Morgan fingerprint density at radius 1 is 1.08 bits per heavy atom. The van der Waals surface area contributed by atoms with Crippen LogP contribution in [0.15, 0.2) is 30.5 Å². The summed E-state index contributed by atoms with van der Waals surface area (Å²) in [6, 6.07) is 6.82. The van der Waals surface area contributed by atoms with Crippen LogP contribution in [0.3, 0.4) is 0 Å². The summed E-state index contributed by atoms with van der Waals surface area (Å²) in [6.45, 7) is 4.29. The Morgan fingerprint density at radius 3 is 2.44 bits per heavy atom. The molecule has 1 unspecified atom stereocenters. The van der Waals surface area contributed by atoms with Gasteiger partial charge >= 0.3 is 7.60 Å². The van der Waals surface area contributed by atoms with Crippen LogP contribution < -0.4 is 22.1 Å². The van der Waals surface area contributed by atoms with E-state index >= 15 is 0 Å². The van der Waals surface area contributed by atoms with Crippen LogP contribution in [-0.2, 0) is 31.0 Å². The predicted octanol–water partition coefficient (Wildman–Crippen LogP) is 1.90. The number of carbonyl (C=O) groups is 1. The quantitative estimate of drug-likeness (QED) is 0.232. The summed E-state index contributed by atoms with van der Waals surface area (Å²) in [4.78, 5) is 28.9. The molecule has 1 atom stereocenters. The lowest BCUT2D eigenvalue weighted by atomic mass is 10.2. The third-order valence-corrected chi connectivity index (χ3v) is 9.07. The van der Waals surface area contributed by atoms with E-state index in [2.05, 4.69) is 30.6 Å². The molecule has 0 aliphatic carbocycles. The van der Waals surface area contributed by atoms with Gasteiger partial charge in [0.2, 0.25) is 5.95 Å². The average Bonchev–Trinajstić information content (AvgIpc) is 2.83. The third-order valence-electron chi connectivity index (χ3n) is 4.69. The predicted molar refractivity (Wildman–Crippen MR) is 139 cm³/mol. The molecule has 0 aliphatic rings. The first-order valence-electron chi connectivity index (χ1n) is 11.1. The molecule has 1 amide bonds. The van der Waals surface area contributed by atoms with Gasteiger partial charge in [-0.25, -0.2) is 9.97 Å². The second kappa shape index (κ2) is 12.7. The molecule has 0 aliphatic heterocycles. The van der Waals surface area contributed by atoms with Crippen molar-refractivity contribution < 1.29 is 22.6 Å². The monoisotopic (exact) mass is 536 g/mol. The molecular formula is C21H29N8O5PS. The highest BCUT2D eigenvalue weighted by Crippen LogP contribution is 2.48. The number of nitrogens with zero attached hydrogens (tertiary/aromatic N) is 4. The first-order chi connectivity index (χ1) is 17.2. The van der Waals surface area contributed by atoms with Crippen LogP contribution in [-0.4, -0.2) is 61.1 Å². The van der Waals surface area contributed by atoms with Gasteiger partial charge in [-0.1, -0.05) is 0 Å². The maximum Gasteiger partial charge on any atom is 0.343 e. The highest BCUT2D eigenvalue weighted by atomic mass is 32.2. The molecule has 0 spiro atoms. The largest absolute Gasteiger partial charge is 0.382 e. The molecule has 0 saturated carbocycles. The van der Waals surface area contributed by atoms with Gasteiger partial charge in [0.25, 0.3) is 5.91 Å². The molecule has 2 heterocycles. The van der Waals surface area contributed by atoms with E-state index in [1.807, 2.05) is 0 Å². The van der Waals surface area contributed by atoms with E-state index in [4.69, 9.17) is 20.5 Å². The number of hydrogen-bond donors (Lipinski definition) is 4. The minimum absolute atomic E-state index is 0.0338. The van der Waals surface area contributed by atoms with E-state index < -0.39 is 18.4 Å². The molecule has 1 aromatic carbocycles. The second-order valence-corrected chi connectivity index (χ2v) is 11.5. The molecule has 0 bridgehead atoms. The zero-order valence-corrected chi connectivity index (χ0v) is 21.7. The lowest BCUT2D eigenvalue weighted by Gasteiger charge is -2.16. The number of benzene rings is 1. The Morgan fingerprint density at radius 2 is 1.78 bits per heavy atom. The van der Waals surface area contributed by atoms with E-state index in [1.165, 1.54) is 0 Å². The molecule has 13 nitrogen and oxygen atoms in total. The number of nitrogen functional groups attached to an aromatic ring is 2. The van der Waals surface area contributed by atoms with Gasteiger partial charge in [-0.2, -0.15) is 9.97 Å². The van der Waals surface area contributed by atoms with Gasteiger partial charge in [0.1, 0.15) is 5.49 Å². The number of anilines is 3. The smallest absolute Gasteiger partial charge is 0.343 e. The lowest BCUT2D eigenvalue weighted by molar-refractivity contribution is 0.0956. The molecule has 3 aromatic rings. The minimum Gasteiger partial charge on any atom is -0.382 e. The van der Waals surface area contributed by atoms with Crippen molar-refractivity contribution in [2.75, 3.05) is 47.8 Å². The highest BCUT2D eigenvalue weighted by molar-refractivity contribution is 7.92. The lowest BCUT2D eigenvalue weighted by Crippen LogP contribution is -2.28. The van der Waals surface area contributed by atoms with Crippen LogP contribution in [0.2, 0.25) is 0 Å². The molecule has 3 rings (SSSR count). The van der Waals surface area contributed by atoms with Crippen molar-refractivity contribution in [1.29, 1.82) is 0 Å². The molecule has 0 saturated heterocycles. The fourth-order valence-corrected chi connectivity index (χ4v) is 6.84. The fourth-order valence-electron chi connectivity index (χ4n) is 3.13. The van der Waals surface area contributed by atoms with Crippen molar-refractivity contribution in [3.63, 3.8) is 0 Å². The van der Waals surface area contributed by atoms with Crippen LogP contribution in [0.4, 0.5) is 17.5 Å². The van der Waals surface area contributed by atoms with Gasteiger partial charge in [0, 0.05) is 34.3 Å². The van der Waals surface area contributed by atoms with Gasteiger partial charge in [-0.15, -0.1) is 0 Å². The van der Waals surface area contributed by atoms with Crippen molar-refractivity contribution in [3.8, 4) is 0 Å². The Labute approximate surface area is 210 Å². The molecule has 36 heavy (non-hydrogen) atoms. The first kappa shape index (κ1) is 27.4. The van der Waals surface area contributed by atoms with Gasteiger partial charge in [0.05, 0.1) is 31.6 Å². The molecular weight excluding hydrogens is 507 g/mol. The van der Waals surface area contributed by atoms with Crippen molar-refractivity contribution in [2.45, 2.75) is 20.4 Å².